The summed E-state index contributed by atoms with van der Waals surface area (Å²) in [6.07, 6.45) is 27.8. The van der Waals surface area contributed by atoms with E-state index in [0.29, 0.717) is 18.7 Å². The Morgan fingerprint density at radius 1 is 0.909 bits per heavy atom. The average molecular weight is 455 g/mol. The number of carbonyl (C=O) groups is 1. The molecule has 0 aliphatic rings. The predicted molar refractivity (Wildman–Crippen MR) is 138 cm³/mol. The van der Waals surface area contributed by atoms with Crippen molar-refractivity contribution in [3.8, 4) is 11.5 Å². The van der Waals surface area contributed by atoms with Gasteiger partial charge in [0.15, 0.2) is 11.5 Å². The van der Waals surface area contributed by atoms with Crippen LogP contribution in [0.25, 0.3) is 0 Å². The molecular formula is C28H42N2O3. The molecule has 1 rings (SSSR count). The lowest BCUT2D eigenvalue weighted by atomic mass is 10.2. The highest BCUT2D eigenvalue weighted by Gasteiger charge is 2.03. The zero-order valence-corrected chi connectivity index (χ0v) is 20.4. The highest BCUT2D eigenvalue weighted by atomic mass is 16.5. The summed E-state index contributed by atoms with van der Waals surface area (Å²) in [6.45, 7) is 2.69. The lowest BCUT2D eigenvalue weighted by Gasteiger charge is -2.09. The van der Waals surface area contributed by atoms with Gasteiger partial charge in [-0.05, 0) is 62.6 Å². The van der Waals surface area contributed by atoms with Crippen molar-refractivity contribution < 1.29 is 14.6 Å². The molecule has 0 bridgehead atoms. The summed E-state index contributed by atoms with van der Waals surface area (Å²) in [7, 11) is 1.51. The molecule has 0 saturated heterocycles. The third kappa shape index (κ3) is 15.6. The molecule has 1 aromatic carbocycles. The molecule has 0 radical (unpaired) electrons. The summed E-state index contributed by atoms with van der Waals surface area (Å²) < 4.78 is 5.08. The highest BCUT2D eigenvalue weighted by Crippen LogP contribution is 2.25. The third-order valence-corrected chi connectivity index (χ3v) is 5.00. The number of ether oxygens (including phenoxy) is 1. The molecule has 0 aliphatic carbocycles. The molecule has 0 aromatic heterocycles. The van der Waals surface area contributed by atoms with E-state index in [1.807, 2.05) is 0 Å². The van der Waals surface area contributed by atoms with Crippen LogP contribution in [0.5, 0.6) is 11.5 Å². The van der Waals surface area contributed by atoms with Crippen molar-refractivity contribution >= 4 is 5.91 Å². The van der Waals surface area contributed by atoms with Gasteiger partial charge in [-0.2, -0.15) is 0 Å². The van der Waals surface area contributed by atoms with E-state index >= 15 is 0 Å². The van der Waals surface area contributed by atoms with Gasteiger partial charge >= 0.3 is 0 Å². The van der Waals surface area contributed by atoms with E-state index in [0.717, 1.165) is 37.7 Å². The fraction of sp³-hybridized carbons (Fsp3) is 0.464. The lowest BCUT2D eigenvalue weighted by Crippen LogP contribution is -2.36. The van der Waals surface area contributed by atoms with Crippen LogP contribution in [0.3, 0.4) is 0 Å². The summed E-state index contributed by atoms with van der Waals surface area (Å²) in [5, 5.41) is 9.59. The molecule has 1 aromatic rings. The van der Waals surface area contributed by atoms with E-state index < -0.39 is 0 Å². The van der Waals surface area contributed by atoms with Crippen LogP contribution in [0.1, 0.15) is 76.7 Å². The maximum absolute atomic E-state index is 11.9. The number of phenols is 1. The molecule has 0 unspecified atom stereocenters. The van der Waals surface area contributed by atoms with Crippen LogP contribution in [-0.4, -0.2) is 18.1 Å². The Balaban J connectivity index is 2.00. The molecule has 5 nitrogen and oxygen atoms in total. The summed E-state index contributed by atoms with van der Waals surface area (Å²) in [5.41, 5.74) is 6.51. The molecule has 182 valence electrons. The van der Waals surface area contributed by atoms with Gasteiger partial charge in [0.2, 0.25) is 5.91 Å². The van der Waals surface area contributed by atoms with E-state index in [1.54, 1.807) is 18.2 Å². The van der Waals surface area contributed by atoms with Crippen LogP contribution in [0.2, 0.25) is 0 Å². The second-order valence-corrected chi connectivity index (χ2v) is 7.89. The van der Waals surface area contributed by atoms with E-state index in [4.69, 9.17) is 4.74 Å². The standard InChI is InChI=1S/C28H42N2O3/c1-3-4-5-6-7-8-9-10-11-12-13-14-15-16-17-18-19-20-28(32)30-29-24-25-21-22-26(31)27(23-25)33-2/h7-8,10-11,13-14,16-17,21-23,29,31H,3-6,9,12,15,18-20,24H2,1-2H3,(H,30,32)/b8-7-,11-10-,14-13-,17-16-. The SMILES string of the molecule is CCCCC/C=C\C/C=C\C/C=C\C/C=C\CCCC(=O)NNCc1ccc(O)c(OC)c1. The molecule has 3 N–H and O–H groups in total. The molecule has 0 heterocycles. The Kier molecular flexibility index (Phi) is 17.0. The van der Waals surface area contributed by atoms with Crippen LogP contribution in [0.15, 0.2) is 66.8 Å². The first-order chi connectivity index (χ1) is 16.2. The number of phenolic OH excluding ortho intramolecular Hbond substituents is 1. The van der Waals surface area contributed by atoms with Crippen LogP contribution in [0, 0.1) is 0 Å². The number of allylic oxidation sites excluding steroid dienone is 8. The van der Waals surface area contributed by atoms with Gasteiger partial charge in [0.1, 0.15) is 0 Å². The fourth-order valence-electron chi connectivity index (χ4n) is 3.08. The number of benzene rings is 1. The first-order valence-corrected chi connectivity index (χ1v) is 12.1. The van der Waals surface area contributed by atoms with Crippen molar-refractivity contribution in [2.24, 2.45) is 0 Å². The topological polar surface area (TPSA) is 70.6 Å². The van der Waals surface area contributed by atoms with Crippen LogP contribution in [0.4, 0.5) is 0 Å². The number of amides is 1. The van der Waals surface area contributed by atoms with E-state index in [-0.39, 0.29) is 11.7 Å². The van der Waals surface area contributed by atoms with Gasteiger partial charge < -0.3 is 9.84 Å². The Labute approximate surface area is 200 Å². The number of hydrogen-bond acceptors (Lipinski definition) is 4. The van der Waals surface area contributed by atoms with Crippen LogP contribution >= 0.6 is 0 Å². The molecule has 5 heteroatoms. The van der Waals surface area contributed by atoms with Crippen LogP contribution in [-0.2, 0) is 11.3 Å². The molecule has 0 fully saturated rings. The minimum Gasteiger partial charge on any atom is -0.504 e. The average Bonchev–Trinajstić information content (AvgIpc) is 2.82. The zero-order valence-electron chi connectivity index (χ0n) is 20.4. The normalized spacial score (nSPS) is 11.9. The van der Waals surface area contributed by atoms with E-state index in [1.165, 1.54) is 32.8 Å². The highest BCUT2D eigenvalue weighted by molar-refractivity contribution is 5.75. The number of rotatable bonds is 18. The van der Waals surface area contributed by atoms with Gasteiger partial charge in [-0.1, -0.05) is 74.4 Å². The van der Waals surface area contributed by atoms with E-state index in [9.17, 15) is 9.90 Å². The zero-order chi connectivity index (χ0) is 24.0. The Bertz CT molecular complexity index is 766. The molecule has 0 aliphatic heterocycles. The van der Waals surface area contributed by atoms with Gasteiger partial charge in [-0.25, -0.2) is 5.43 Å². The molecule has 1 amide bonds. The number of nitrogens with one attached hydrogen (secondary N) is 2. The molecule has 0 saturated carbocycles. The number of methoxy groups -OCH3 is 1. The van der Waals surface area contributed by atoms with Gasteiger partial charge in [-0.3, -0.25) is 10.2 Å². The molecule has 0 spiro atoms. The van der Waals surface area contributed by atoms with Gasteiger partial charge in [0.25, 0.3) is 0 Å². The van der Waals surface area contributed by atoms with Crippen molar-refractivity contribution in [3.63, 3.8) is 0 Å². The minimum absolute atomic E-state index is 0.0309. The molecule has 33 heavy (non-hydrogen) atoms. The Morgan fingerprint density at radius 3 is 2.12 bits per heavy atom. The van der Waals surface area contributed by atoms with Gasteiger partial charge in [-0.15, -0.1) is 0 Å². The smallest absolute Gasteiger partial charge is 0.234 e. The van der Waals surface area contributed by atoms with Gasteiger partial charge in [0, 0.05) is 13.0 Å². The summed E-state index contributed by atoms with van der Waals surface area (Å²) in [5.74, 6) is 0.485. The third-order valence-electron chi connectivity index (χ3n) is 5.00. The predicted octanol–water partition coefficient (Wildman–Crippen LogP) is 6.67. The second kappa shape index (κ2) is 19.9. The quantitative estimate of drug-likeness (QED) is 0.132. The second-order valence-electron chi connectivity index (χ2n) is 7.89. The monoisotopic (exact) mass is 454 g/mol. The van der Waals surface area contributed by atoms with Crippen molar-refractivity contribution in [3.05, 3.63) is 72.4 Å². The maximum Gasteiger partial charge on any atom is 0.234 e. The minimum atomic E-state index is -0.0309. The van der Waals surface area contributed by atoms with Gasteiger partial charge in [0.05, 0.1) is 7.11 Å². The molecular weight excluding hydrogens is 412 g/mol. The van der Waals surface area contributed by atoms with Crippen molar-refractivity contribution in [1.29, 1.82) is 0 Å². The largest absolute Gasteiger partial charge is 0.504 e. The number of unbranched alkanes of at least 4 members (excludes halogenated alkanes) is 4. The van der Waals surface area contributed by atoms with Crippen molar-refractivity contribution in [1.82, 2.24) is 10.9 Å². The number of hydrogen-bond donors (Lipinski definition) is 3. The Morgan fingerprint density at radius 2 is 1.52 bits per heavy atom. The molecule has 0 atom stereocenters. The van der Waals surface area contributed by atoms with Crippen LogP contribution < -0.4 is 15.6 Å². The lowest BCUT2D eigenvalue weighted by molar-refractivity contribution is -0.122. The number of carbonyl (C=O) groups excluding carboxylic acids is 1. The first kappa shape index (κ1) is 28.2. The van der Waals surface area contributed by atoms with Crippen molar-refractivity contribution in [2.45, 2.75) is 77.7 Å². The summed E-state index contributed by atoms with van der Waals surface area (Å²) in [4.78, 5) is 11.9. The first-order valence-electron chi connectivity index (χ1n) is 12.1. The van der Waals surface area contributed by atoms with Crippen molar-refractivity contribution in [2.75, 3.05) is 7.11 Å². The Hall–Kier alpha value is -2.79. The fourth-order valence-corrected chi connectivity index (χ4v) is 3.08. The maximum atomic E-state index is 11.9. The summed E-state index contributed by atoms with van der Waals surface area (Å²) >= 11 is 0. The summed E-state index contributed by atoms with van der Waals surface area (Å²) in [6, 6.07) is 5.09. The van der Waals surface area contributed by atoms with E-state index in [2.05, 4.69) is 66.4 Å². The number of aromatic hydroxyl groups is 1. The number of hydrazine groups is 1.